The van der Waals surface area contributed by atoms with Gasteiger partial charge in [-0.15, -0.1) is 5.10 Å². The lowest BCUT2D eigenvalue weighted by Crippen LogP contribution is -2.56. The maximum absolute atomic E-state index is 13.7. The number of H-pyrrole nitrogens is 1. The molecule has 2 fully saturated rings. The summed E-state index contributed by atoms with van der Waals surface area (Å²) in [6, 6.07) is 10.1. The molecule has 4 aromatic rings. The molecule has 0 saturated carbocycles. The zero-order valence-corrected chi connectivity index (χ0v) is 18.0. The molecule has 2 aliphatic heterocycles. The van der Waals surface area contributed by atoms with E-state index in [4.69, 9.17) is 0 Å². The third kappa shape index (κ3) is 3.12. The Labute approximate surface area is 188 Å². The van der Waals surface area contributed by atoms with Crippen LogP contribution >= 0.6 is 0 Å². The fourth-order valence-electron chi connectivity index (χ4n) is 5.12. The third-order valence-electron chi connectivity index (χ3n) is 6.72. The number of anilines is 1. The first kappa shape index (κ1) is 19.7. The minimum absolute atomic E-state index is 0.0522. The molecule has 0 aliphatic carbocycles. The van der Waals surface area contributed by atoms with Gasteiger partial charge in [0.25, 0.3) is 11.5 Å². The normalized spacial score (nSPS) is 20.1. The number of carbonyl (C=O) groups excluding carboxylic acids is 1. The van der Waals surface area contributed by atoms with Crippen LogP contribution in [0, 0.1) is 12.7 Å². The molecule has 0 radical (unpaired) electrons. The fraction of sp³-hybridized carbons (Fsp3) is 0.304. The number of amides is 1. The number of aromatic amines is 1. The summed E-state index contributed by atoms with van der Waals surface area (Å²) in [6.07, 6.45) is 5.05. The lowest BCUT2D eigenvalue weighted by Gasteiger charge is -2.42. The first-order valence-electron chi connectivity index (χ1n) is 11.0. The molecular weight excluding hydrogens is 425 g/mol. The quantitative estimate of drug-likeness (QED) is 0.520. The second-order valence-corrected chi connectivity index (χ2v) is 8.65. The minimum atomic E-state index is -0.278. The second-order valence-electron chi connectivity index (χ2n) is 8.65. The number of fused-ring (bicyclic) bond motifs is 3. The summed E-state index contributed by atoms with van der Waals surface area (Å²) in [5.74, 6) is -0.0835. The van der Waals surface area contributed by atoms with Crippen molar-refractivity contribution in [1.29, 1.82) is 0 Å². The predicted octanol–water partition coefficient (Wildman–Crippen LogP) is 2.15. The molecule has 2 unspecified atom stereocenters. The average molecular weight is 447 g/mol. The van der Waals surface area contributed by atoms with Crippen LogP contribution in [-0.2, 0) is 0 Å². The van der Waals surface area contributed by atoms with Gasteiger partial charge in [0.05, 0.1) is 17.5 Å². The number of benzene rings is 1. The van der Waals surface area contributed by atoms with E-state index in [1.807, 2.05) is 11.0 Å². The largest absolute Gasteiger partial charge is 0.367 e. The van der Waals surface area contributed by atoms with Crippen LogP contribution in [0.5, 0.6) is 0 Å². The highest BCUT2D eigenvalue weighted by atomic mass is 19.1. The topological polar surface area (TPSA) is 91.5 Å². The number of hydrogen-bond donors (Lipinski definition) is 1. The van der Waals surface area contributed by atoms with Gasteiger partial charge in [0.1, 0.15) is 11.3 Å². The number of hydrogen-bond acceptors (Lipinski definition) is 5. The second kappa shape index (κ2) is 7.29. The van der Waals surface area contributed by atoms with Gasteiger partial charge in [-0.1, -0.05) is 6.07 Å². The van der Waals surface area contributed by atoms with E-state index in [0.29, 0.717) is 29.9 Å². The summed E-state index contributed by atoms with van der Waals surface area (Å²) in [6.45, 7) is 3.13. The van der Waals surface area contributed by atoms with Crippen LogP contribution in [0.1, 0.15) is 28.9 Å². The van der Waals surface area contributed by atoms with E-state index in [0.717, 1.165) is 18.5 Å². The first-order chi connectivity index (χ1) is 16.0. The zero-order valence-electron chi connectivity index (χ0n) is 18.0. The van der Waals surface area contributed by atoms with Crippen LogP contribution in [0.4, 0.5) is 10.1 Å². The Balaban J connectivity index is 1.28. The molecule has 2 saturated heterocycles. The molecule has 0 spiro atoms. The number of halogens is 1. The monoisotopic (exact) mass is 447 g/mol. The van der Waals surface area contributed by atoms with Crippen molar-refractivity contribution in [3.05, 3.63) is 76.2 Å². The average Bonchev–Trinajstić information content (AvgIpc) is 3.49. The van der Waals surface area contributed by atoms with Crippen molar-refractivity contribution in [2.45, 2.75) is 31.8 Å². The minimum Gasteiger partial charge on any atom is -0.367 e. The highest BCUT2D eigenvalue weighted by molar-refractivity contribution is 5.96. The Bertz CT molecular complexity index is 1420. The molecule has 168 valence electrons. The van der Waals surface area contributed by atoms with Gasteiger partial charge >= 0.3 is 0 Å². The number of carbonyl (C=O) groups is 1. The van der Waals surface area contributed by atoms with Crippen LogP contribution < -0.4 is 10.5 Å². The number of aromatic nitrogens is 5. The van der Waals surface area contributed by atoms with Crippen LogP contribution in [0.15, 0.2) is 53.6 Å². The molecule has 33 heavy (non-hydrogen) atoms. The number of nitrogens with zero attached hydrogens (tertiary/aromatic N) is 6. The van der Waals surface area contributed by atoms with Crippen molar-refractivity contribution in [3.8, 4) is 5.95 Å². The van der Waals surface area contributed by atoms with Gasteiger partial charge in [0.2, 0.25) is 5.95 Å². The Morgan fingerprint density at radius 2 is 1.94 bits per heavy atom. The van der Waals surface area contributed by atoms with Gasteiger partial charge in [0.15, 0.2) is 0 Å². The summed E-state index contributed by atoms with van der Waals surface area (Å²) < 4.78 is 16.7. The Morgan fingerprint density at radius 3 is 2.70 bits per heavy atom. The molecule has 6 rings (SSSR count). The lowest BCUT2D eigenvalue weighted by atomic mass is 10.1. The highest BCUT2D eigenvalue weighted by Gasteiger charge is 2.43. The van der Waals surface area contributed by atoms with E-state index in [1.165, 1.54) is 21.5 Å². The third-order valence-corrected chi connectivity index (χ3v) is 6.72. The smallest absolute Gasteiger partial charge is 0.276 e. The number of nitrogens with one attached hydrogen (secondary N) is 1. The molecule has 1 amide bonds. The Hall–Kier alpha value is -3.95. The maximum atomic E-state index is 13.7. The van der Waals surface area contributed by atoms with Gasteiger partial charge in [-0.3, -0.25) is 14.6 Å². The van der Waals surface area contributed by atoms with Crippen LogP contribution in [-0.4, -0.2) is 60.4 Å². The SMILES string of the molecule is Cc1c(C(=O)N2C3CCC2CN(c2cccc(F)c2)C3)cnn1-c1nn2cccc2c(=O)[nH]1. The fourth-order valence-corrected chi connectivity index (χ4v) is 5.12. The van der Waals surface area contributed by atoms with E-state index in [1.54, 1.807) is 37.4 Å². The molecule has 2 bridgehead atoms. The molecule has 5 heterocycles. The van der Waals surface area contributed by atoms with Crippen LogP contribution in [0.3, 0.4) is 0 Å². The predicted molar refractivity (Wildman–Crippen MR) is 119 cm³/mol. The van der Waals surface area contributed by atoms with E-state index >= 15 is 0 Å². The standard InChI is InChI=1S/C23H22FN7O2/c1-14-19(11-25-31(14)23-26-21(32)20-6-3-9-29(20)27-23)22(33)30-17-7-8-18(30)13-28(12-17)16-5-2-4-15(24)10-16/h2-6,9-11,17-18H,7-8,12-13H2,1H3,(H,26,27,32). The molecule has 10 heteroatoms. The first-order valence-corrected chi connectivity index (χ1v) is 11.0. The van der Waals surface area contributed by atoms with E-state index in [9.17, 15) is 14.0 Å². The van der Waals surface area contributed by atoms with Crippen molar-refractivity contribution in [3.63, 3.8) is 0 Å². The summed E-state index contributed by atoms with van der Waals surface area (Å²) >= 11 is 0. The van der Waals surface area contributed by atoms with Gasteiger partial charge in [0, 0.05) is 37.1 Å². The van der Waals surface area contributed by atoms with E-state index < -0.39 is 0 Å². The molecule has 1 N–H and O–H groups in total. The van der Waals surface area contributed by atoms with Gasteiger partial charge in [-0.05, 0) is 50.1 Å². The van der Waals surface area contributed by atoms with Crippen molar-refractivity contribution in [1.82, 2.24) is 29.3 Å². The molecule has 3 aromatic heterocycles. The van der Waals surface area contributed by atoms with Crippen molar-refractivity contribution in [2.24, 2.45) is 0 Å². The molecule has 2 atom stereocenters. The van der Waals surface area contributed by atoms with Gasteiger partial charge in [-0.25, -0.2) is 13.6 Å². The molecule has 9 nitrogen and oxygen atoms in total. The van der Waals surface area contributed by atoms with Crippen molar-refractivity contribution in [2.75, 3.05) is 18.0 Å². The Morgan fingerprint density at radius 1 is 1.15 bits per heavy atom. The summed E-state index contributed by atoms with van der Waals surface area (Å²) in [5.41, 5.74) is 2.10. The Kier molecular flexibility index (Phi) is 4.36. The summed E-state index contributed by atoms with van der Waals surface area (Å²) in [5, 5.41) is 8.75. The maximum Gasteiger partial charge on any atom is 0.276 e. The molecule has 2 aliphatic rings. The summed E-state index contributed by atoms with van der Waals surface area (Å²) in [7, 11) is 0. The van der Waals surface area contributed by atoms with Crippen molar-refractivity contribution >= 4 is 17.1 Å². The van der Waals surface area contributed by atoms with Crippen LogP contribution in [0.2, 0.25) is 0 Å². The van der Waals surface area contributed by atoms with E-state index in [-0.39, 0.29) is 35.3 Å². The van der Waals surface area contributed by atoms with Crippen molar-refractivity contribution < 1.29 is 9.18 Å². The van der Waals surface area contributed by atoms with Crippen LogP contribution in [0.25, 0.3) is 11.5 Å². The summed E-state index contributed by atoms with van der Waals surface area (Å²) in [4.78, 5) is 32.7. The number of rotatable bonds is 3. The molecule has 1 aromatic carbocycles. The highest BCUT2D eigenvalue weighted by Crippen LogP contribution is 2.34. The van der Waals surface area contributed by atoms with Gasteiger partial charge in [-0.2, -0.15) is 5.10 Å². The zero-order chi connectivity index (χ0) is 22.7. The lowest BCUT2D eigenvalue weighted by molar-refractivity contribution is 0.0641. The van der Waals surface area contributed by atoms with E-state index in [2.05, 4.69) is 20.1 Å². The van der Waals surface area contributed by atoms with Gasteiger partial charge < -0.3 is 9.80 Å². The number of piperazine rings is 1. The molecular formula is C23H22FN7O2.